The van der Waals surface area contributed by atoms with Crippen molar-refractivity contribution in [3.8, 4) is 17.2 Å². The van der Waals surface area contributed by atoms with Crippen molar-refractivity contribution in [2.24, 2.45) is 0 Å². The van der Waals surface area contributed by atoms with Gasteiger partial charge >= 0.3 is 0 Å². The molecule has 0 aromatic heterocycles. The van der Waals surface area contributed by atoms with Gasteiger partial charge in [-0.05, 0) is 43.7 Å². The van der Waals surface area contributed by atoms with E-state index in [2.05, 4.69) is 5.32 Å². The van der Waals surface area contributed by atoms with E-state index in [4.69, 9.17) is 25.8 Å². The number of rotatable bonds is 4. The van der Waals surface area contributed by atoms with Crippen LogP contribution in [0.1, 0.15) is 12.5 Å². The number of benzene rings is 2. The van der Waals surface area contributed by atoms with Crippen LogP contribution in [-0.4, -0.2) is 25.2 Å². The zero-order valence-electron chi connectivity index (χ0n) is 13.5. The van der Waals surface area contributed by atoms with E-state index in [9.17, 15) is 4.79 Å². The van der Waals surface area contributed by atoms with E-state index in [0.717, 1.165) is 5.56 Å². The SMILES string of the molecule is Cc1ccc(Cl)c(OC(C)C(=O)Nc2ccc3c(c2)OCCO3)c1. The van der Waals surface area contributed by atoms with E-state index in [1.165, 1.54) is 0 Å². The molecule has 0 spiro atoms. The Morgan fingerprint density at radius 2 is 1.92 bits per heavy atom. The number of fused-ring (bicyclic) bond motifs is 1. The predicted molar refractivity (Wildman–Crippen MR) is 92.3 cm³/mol. The second-order valence-electron chi connectivity index (χ2n) is 5.54. The van der Waals surface area contributed by atoms with Gasteiger partial charge in [-0.25, -0.2) is 0 Å². The third kappa shape index (κ3) is 3.74. The number of carbonyl (C=O) groups is 1. The van der Waals surface area contributed by atoms with Crippen LogP contribution < -0.4 is 19.5 Å². The molecule has 1 N–H and O–H groups in total. The molecule has 0 saturated heterocycles. The van der Waals surface area contributed by atoms with Crippen LogP contribution in [0.3, 0.4) is 0 Å². The molecule has 24 heavy (non-hydrogen) atoms. The third-order valence-corrected chi connectivity index (χ3v) is 3.88. The van der Waals surface area contributed by atoms with Crippen molar-refractivity contribution < 1.29 is 19.0 Å². The molecular weight excluding hydrogens is 330 g/mol. The van der Waals surface area contributed by atoms with Crippen LogP contribution in [0, 0.1) is 6.92 Å². The van der Waals surface area contributed by atoms with E-state index >= 15 is 0 Å². The van der Waals surface area contributed by atoms with Crippen molar-refractivity contribution >= 4 is 23.2 Å². The van der Waals surface area contributed by atoms with Crippen molar-refractivity contribution in [3.05, 3.63) is 47.0 Å². The smallest absolute Gasteiger partial charge is 0.265 e. The quantitative estimate of drug-likeness (QED) is 0.913. The minimum atomic E-state index is -0.697. The Morgan fingerprint density at radius 3 is 2.71 bits per heavy atom. The maximum absolute atomic E-state index is 12.3. The highest BCUT2D eigenvalue weighted by Gasteiger charge is 2.18. The maximum atomic E-state index is 12.3. The first-order valence-electron chi connectivity index (χ1n) is 7.66. The van der Waals surface area contributed by atoms with Crippen LogP contribution in [0.15, 0.2) is 36.4 Å². The van der Waals surface area contributed by atoms with Gasteiger partial charge < -0.3 is 19.5 Å². The van der Waals surface area contributed by atoms with E-state index < -0.39 is 6.10 Å². The zero-order chi connectivity index (χ0) is 17.1. The van der Waals surface area contributed by atoms with Gasteiger partial charge in [0, 0.05) is 11.8 Å². The molecule has 126 valence electrons. The number of carbonyl (C=O) groups excluding carboxylic acids is 1. The molecule has 0 fully saturated rings. The van der Waals surface area contributed by atoms with Gasteiger partial charge in [0.25, 0.3) is 5.91 Å². The van der Waals surface area contributed by atoms with Crippen LogP contribution in [0.5, 0.6) is 17.2 Å². The van der Waals surface area contributed by atoms with Gasteiger partial charge in [0.05, 0.1) is 5.02 Å². The molecular formula is C18H18ClNO4. The number of aryl methyl sites for hydroxylation is 1. The fourth-order valence-corrected chi connectivity index (χ4v) is 2.47. The highest BCUT2D eigenvalue weighted by Crippen LogP contribution is 2.32. The summed E-state index contributed by atoms with van der Waals surface area (Å²) < 4.78 is 16.6. The molecule has 1 heterocycles. The topological polar surface area (TPSA) is 56.8 Å². The summed E-state index contributed by atoms with van der Waals surface area (Å²) >= 11 is 6.10. The first-order chi connectivity index (χ1) is 11.5. The predicted octanol–water partition coefficient (Wildman–Crippen LogP) is 3.83. The Bertz CT molecular complexity index is 763. The van der Waals surface area contributed by atoms with Gasteiger partial charge in [-0.15, -0.1) is 0 Å². The number of anilines is 1. The lowest BCUT2D eigenvalue weighted by Gasteiger charge is -2.20. The Balaban J connectivity index is 1.67. The lowest BCUT2D eigenvalue weighted by molar-refractivity contribution is -0.122. The van der Waals surface area contributed by atoms with Gasteiger partial charge in [-0.3, -0.25) is 4.79 Å². The molecule has 0 bridgehead atoms. The summed E-state index contributed by atoms with van der Waals surface area (Å²) in [5.74, 6) is 1.51. The number of halogens is 1. The molecule has 2 aromatic carbocycles. The highest BCUT2D eigenvalue weighted by atomic mass is 35.5. The van der Waals surface area contributed by atoms with E-state index in [0.29, 0.717) is 41.2 Å². The summed E-state index contributed by atoms with van der Waals surface area (Å²) in [6.07, 6.45) is -0.697. The molecule has 1 amide bonds. The van der Waals surface area contributed by atoms with Crippen molar-refractivity contribution in [1.29, 1.82) is 0 Å². The molecule has 1 aliphatic heterocycles. The third-order valence-electron chi connectivity index (χ3n) is 3.57. The van der Waals surface area contributed by atoms with Crippen molar-refractivity contribution in [1.82, 2.24) is 0 Å². The number of hydrogen-bond acceptors (Lipinski definition) is 4. The van der Waals surface area contributed by atoms with E-state index in [-0.39, 0.29) is 5.91 Å². The van der Waals surface area contributed by atoms with Crippen LogP contribution in [0.25, 0.3) is 0 Å². The lowest BCUT2D eigenvalue weighted by atomic mass is 10.2. The van der Waals surface area contributed by atoms with Gasteiger partial charge in [-0.2, -0.15) is 0 Å². The Hall–Kier alpha value is -2.40. The number of ether oxygens (including phenoxy) is 3. The van der Waals surface area contributed by atoms with Gasteiger partial charge in [0.2, 0.25) is 0 Å². The standard InChI is InChI=1S/C18H18ClNO4/c1-11-3-5-14(19)16(9-11)24-12(2)18(21)20-13-4-6-15-17(10-13)23-8-7-22-15/h3-6,9-10,12H,7-8H2,1-2H3,(H,20,21). The molecule has 1 aliphatic rings. The number of nitrogens with one attached hydrogen (secondary N) is 1. The molecule has 0 aliphatic carbocycles. The lowest BCUT2D eigenvalue weighted by Crippen LogP contribution is -2.30. The Morgan fingerprint density at radius 1 is 1.17 bits per heavy atom. The Kier molecular flexibility index (Phi) is 4.81. The average molecular weight is 348 g/mol. The largest absolute Gasteiger partial charge is 0.486 e. The monoisotopic (exact) mass is 347 g/mol. The van der Waals surface area contributed by atoms with Crippen LogP contribution in [0.4, 0.5) is 5.69 Å². The van der Waals surface area contributed by atoms with Gasteiger partial charge in [0.1, 0.15) is 19.0 Å². The van der Waals surface area contributed by atoms with Crippen LogP contribution >= 0.6 is 11.6 Å². The second kappa shape index (κ2) is 7.01. The number of amides is 1. The van der Waals surface area contributed by atoms with Crippen molar-refractivity contribution in [2.75, 3.05) is 18.5 Å². The van der Waals surface area contributed by atoms with E-state index in [1.807, 2.05) is 13.0 Å². The summed E-state index contributed by atoms with van der Waals surface area (Å²) in [5, 5.41) is 3.28. The van der Waals surface area contributed by atoms with Crippen molar-refractivity contribution in [3.63, 3.8) is 0 Å². The minimum absolute atomic E-state index is 0.274. The molecule has 0 radical (unpaired) electrons. The van der Waals surface area contributed by atoms with Crippen molar-refractivity contribution in [2.45, 2.75) is 20.0 Å². The molecule has 0 saturated carbocycles. The average Bonchev–Trinajstić information content (AvgIpc) is 2.58. The van der Waals surface area contributed by atoms with Crippen LogP contribution in [0.2, 0.25) is 5.02 Å². The molecule has 5 nitrogen and oxygen atoms in total. The zero-order valence-corrected chi connectivity index (χ0v) is 14.2. The minimum Gasteiger partial charge on any atom is -0.486 e. The highest BCUT2D eigenvalue weighted by molar-refractivity contribution is 6.32. The first-order valence-corrected chi connectivity index (χ1v) is 8.04. The molecule has 2 aromatic rings. The molecule has 6 heteroatoms. The van der Waals surface area contributed by atoms with Gasteiger partial charge in [-0.1, -0.05) is 17.7 Å². The summed E-state index contributed by atoms with van der Waals surface area (Å²) in [7, 11) is 0. The molecule has 1 atom stereocenters. The molecule has 1 unspecified atom stereocenters. The van der Waals surface area contributed by atoms with E-state index in [1.54, 1.807) is 37.3 Å². The fourth-order valence-electron chi connectivity index (χ4n) is 2.31. The Labute approximate surface area is 145 Å². The van der Waals surface area contributed by atoms with Gasteiger partial charge in [0.15, 0.2) is 17.6 Å². The molecule has 3 rings (SSSR count). The maximum Gasteiger partial charge on any atom is 0.265 e. The summed E-state index contributed by atoms with van der Waals surface area (Å²) in [6.45, 7) is 4.63. The second-order valence-corrected chi connectivity index (χ2v) is 5.95. The first kappa shape index (κ1) is 16.5. The van der Waals surface area contributed by atoms with Crippen LogP contribution in [-0.2, 0) is 4.79 Å². The summed E-state index contributed by atoms with van der Waals surface area (Å²) in [6, 6.07) is 10.7. The summed E-state index contributed by atoms with van der Waals surface area (Å²) in [4.78, 5) is 12.3. The fraction of sp³-hybridized carbons (Fsp3) is 0.278. The number of hydrogen-bond donors (Lipinski definition) is 1. The normalized spacial score (nSPS) is 14.0. The summed E-state index contributed by atoms with van der Waals surface area (Å²) in [5.41, 5.74) is 1.63.